The Labute approximate surface area is 206 Å². The Bertz CT molecular complexity index is 1350. The van der Waals surface area contributed by atoms with Crippen molar-refractivity contribution in [3.63, 3.8) is 0 Å². The van der Waals surface area contributed by atoms with Gasteiger partial charge in [0, 0.05) is 10.6 Å². The van der Waals surface area contributed by atoms with Gasteiger partial charge < -0.3 is 4.74 Å². The first kappa shape index (κ1) is 23.5. The van der Waals surface area contributed by atoms with Crippen molar-refractivity contribution in [3.05, 3.63) is 98.5 Å². The summed E-state index contributed by atoms with van der Waals surface area (Å²) in [4.78, 5) is 39.1. The van der Waals surface area contributed by atoms with Gasteiger partial charge in [-0.2, -0.15) is 0 Å². The molecule has 0 spiro atoms. The van der Waals surface area contributed by atoms with Crippen molar-refractivity contribution in [2.75, 3.05) is 4.90 Å². The van der Waals surface area contributed by atoms with E-state index in [1.807, 2.05) is 37.3 Å². The van der Waals surface area contributed by atoms with E-state index in [4.69, 9.17) is 27.9 Å². The molecule has 0 unspecified atom stereocenters. The molecule has 1 aliphatic heterocycles. The lowest BCUT2D eigenvalue weighted by molar-refractivity contribution is -0.122. The molecule has 1 saturated heterocycles. The van der Waals surface area contributed by atoms with Gasteiger partial charge in [0.2, 0.25) is 0 Å². The molecule has 1 fully saturated rings. The highest BCUT2D eigenvalue weighted by molar-refractivity contribution is 6.39. The minimum atomic E-state index is -0.790. The highest BCUT2D eigenvalue weighted by Crippen LogP contribution is 2.30. The zero-order valence-electron chi connectivity index (χ0n) is 18.4. The molecule has 1 N–H and O–H groups in total. The molecule has 3 aromatic carbocycles. The van der Waals surface area contributed by atoms with E-state index >= 15 is 0 Å². The number of nitrogens with one attached hydrogen (secondary N) is 1. The number of hydrogen-bond donors (Lipinski definition) is 1. The van der Waals surface area contributed by atoms with E-state index in [0.717, 1.165) is 21.6 Å². The van der Waals surface area contributed by atoms with Gasteiger partial charge in [-0.25, -0.2) is 9.69 Å². The Morgan fingerprint density at radius 1 is 0.941 bits per heavy atom. The van der Waals surface area contributed by atoms with E-state index in [1.165, 1.54) is 6.08 Å². The van der Waals surface area contributed by atoms with E-state index in [0.29, 0.717) is 27.0 Å². The molecule has 6 nitrogen and oxygen atoms in total. The molecule has 1 aliphatic rings. The second-order valence-corrected chi connectivity index (χ2v) is 8.63. The topological polar surface area (TPSA) is 75.7 Å². The normalized spacial score (nSPS) is 15.0. The minimum absolute atomic E-state index is 0.179. The van der Waals surface area contributed by atoms with Gasteiger partial charge in [0.25, 0.3) is 11.8 Å². The molecule has 1 heterocycles. The van der Waals surface area contributed by atoms with Crippen LogP contribution in [0, 0.1) is 13.8 Å². The second-order valence-electron chi connectivity index (χ2n) is 7.82. The highest BCUT2D eigenvalue weighted by atomic mass is 35.5. The monoisotopic (exact) mass is 494 g/mol. The molecule has 4 rings (SSSR count). The number of carbonyl (C=O) groups excluding carboxylic acids is 3. The second kappa shape index (κ2) is 9.71. The number of halogens is 2. The lowest BCUT2D eigenvalue weighted by atomic mass is 10.0. The van der Waals surface area contributed by atoms with E-state index < -0.39 is 17.8 Å². The first-order chi connectivity index (χ1) is 16.2. The molecule has 4 amide bonds. The van der Waals surface area contributed by atoms with E-state index in [2.05, 4.69) is 5.32 Å². The molecular formula is C26H20Cl2N2O4. The molecule has 34 heavy (non-hydrogen) atoms. The molecule has 0 bridgehead atoms. The molecule has 0 atom stereocenters. The third-order valence-electron chi connectivity index (χ3n) is 5.32. The van der Waals surface area contributed by atoms with Crippen molar-refractivity contribution < 1.29 is 19.1 Å². The molecule has 0 aromatic heterocycles. The summed E-state index contributed by atoms with van der Waals surface area (Å²) in [5.74, 6) is -1.06. The summed E-state index contributed by atoms with van der Waals surface area (Å²) in [5.41, 5.74) is 3.16. The number of imide groups is 2. The van der Waals surface area contributed by atoms with Crippen LogP contribution in [0.25, 0.3) is 6.08 Å². The van der Waals surface area contributed by atoms with Crippen molar-refractivity contribution in [2.45, 2.75) is 20.5 Å². The predicted octanol–water partition coefficient (Wildman–Crippen LogP) is 5.86. The zero-order valence-corrected chi connectivity index (χ0v) is 19.9. The van der Waals surface area contributed by atoms with Crippen LogP contribution in [-0.4, -0.2) is 17.8 Å². The van der Waals surface area contributed by atoms with Gasteiger partial charge in [-0.1, -0.05) is 59.6 Å². The summed E-state index contributed by atoms with van der Waals surface area (Å²) >= 11 is 12.5. The van der Waals surface area contributed by atoms with Crippen LogP contribution in [0.5, 0.6) is 5.75 Å². The van der Waals surface area contributed by atoms with Crippen molar-refractivity contribution >= 4 is 52.8 Å². The van der Waals surface area contributed by atoms with Gasteiger partial charge in [0.05, 0.1) is 10.7 Å². The fourth-order valence-corrected chi connectivity index (χ4v) is 3.93. The molecule has 172 valence electrons. The number of amides is 4. The maximum atomic E-state index is 13.2. The lowest BCUT2D eigenvalue weighted by Crippen LogP contribution is -2.54. The minimum Gasteiger partial charge on any atom is -0.487 e. The van der Waals surface area contributed by atoms with Gasteiger partial charge in [-0.05, 0) is 60.9 Å². The number of nitrogens with zero attached hydrogens (tertiary/aromatic N) is 1. The Morgan fingerprint density at radius 2 is 1.71 bits per heavy atom. The average Bonchev–Trinajstić information content (AvgIpc) is 2.79. The van der Waals surface area contributed by atoms with Crippen LogP contribution in [0.4, 0.5) is 10.5 Å². The summed E-state index contributed by atoms with van der Waals surface area (Å²) in [5, 5.41) is 3.12. The van der Waals surface area contributed by atoms with E-state index in [-0.39, 0.29) is 12.2 Å². The van der Waals surface area contributed by atoms with Crippen molar-refractivity contribution in [1.29, 1.82) is 0 Å². The third kappa shape index (κ3) is 4.83. The van der Waals surface area contributed by atoms with Crippen LogP contribution >= 0.6 is 23.2 Å². The summed E-state index contributed by atoms with van der Waals surface area (Å²) in [6.07, 6.45) is 1.39. The maximum Gasteiger partial charge on any atom is 0.335 e. The summed E-state index contributed by atoms with van der Waals surface area (Å²) in [7, 11) is 0. The Morgan fingerprint density at radius 3 is 2.44 bits per heavy atom. The fourth-order valence-electron chi connectivity index (χ4n) is 3.50. The van der Waals surface area contributed by atoms with Crippen LogP contribution in [0.15, 0.2) is 66.2 Å². The Kier molecular flexibility index (Phi) is 6.72. The number of hydrogen-bond acceptors (Lipinski definition) is 4. The lowest BCUT2D eigenvalue weighted by Gasteiger charge is -2.27. The molecule has 8 heteroatoms. The standard InChI is InChI=1S/C26H20Cl2N2O4/c1-15-7-8-16(2)22(11-15)30-25(32)19(24(31)29-26(30)33)12-17-9-10-23(21(28)13-17)34-14-18-5-3-4-6-20(18)27/h3-13H,14H2,1-2H3,(H,29,31,33)/b19-12+. The van der Waals surface area contributed by atoms with Crippen LogP contribution in [0.2, 0.25) is 10.0 Å². The number of ether oxygens (including phenoxy) is 1. The Hall–Kier alpha value is -3.61. The number of rotatable bonds is 5. The van der Waals surface area contributed by atoms with Crippen molar-refractivity contribution in [3.8, 4) is 5.75 Å². The quantitative estimate of drug-likeness (QED) is 0.356. The number of benzene rings is 3. The number of urea groups is 1. The Balaban J connectivity index is 1.60. The SMILES string of the molecule is Cc1ccc(C)c(N2C(=O)NC(=O)/C(=C\c3ccc(OCc4ccccc4Cl)c(Cl)c3)C2=O)c1. The summed E-state index contributed by atoms with van der Waals surface area (Å²) in [6, 6.07) is 16.8. The van der Waals surface area contributed by atoms with Crippen molar-refractivity contribution in [1.82, 2.24) is 5.32 Å². The van der Waals surface area contributed by atoms with E-state index in [9.17, 15) is 14.4 Å². The third-order valence-corrected chi connectivity index (χ3v) is 5.98. The number of aryl methyl sites for hydroxylation is 2. The van der Waals surface area contributed by atoms with Gasteiger partial charge in [0.1, 0.15) is 17.9 Å². The zero-order chi connectivity index (χ0) is 24.4. The van der Waals surface area contributed by atoms with Crippen LogP contribution in [0.3, 0.4) is 0 Å². The number of carbonyl (C=O) groups is 3. The predicted molar refractivity (Wildman–Crippen MR) is 132 cm³/mol. The molecule has 0 saturated carbocycles. The summed E-state index contributed by atoms with van der Waals surface area (Å²) < 4.78 is 5.77. The van der Waals surface area contributed by atoms with Crippen LogP contribution in [-0.2, 0) is 16.2 Å². The summed E-state index contributed by atoms with van der Waals surface area (Å²) in [6.45, 7) is 3.87. The first-order valence-corrected chi connectivity index (χ1v) is 11.1. The molecule has 0 aliphatic carbocycles. The maximum absolute atomic E-state index is 13.2. The van der Waals surface area contributed by atoms with Crippen molar-refractivity contribution in [2.24, 2.45) is 0 Å². The molecule has 3 aromatic rings. The fraction of sp³-hybridized carbons (Fsp3) is 0.115. The van der Waals surface area contributed by atoms with E-state index in [1.54, 1.807) is 37.3 Å². The smallest absolute Gasteiger partial charge is 0.335 e. The molecular weight excluding hydrogens is 475 g/mol. The van der Waals surface area contributed by atoms with Gasteiger partial charge in [-0.15, -0.1) is 0 Å². The first-order valence-electron chi connectivity index (χ1n) is 10.4. The van der Waals surface area contributed by atoms with Crippen LogP contribution in [0.1, 0.15) is 22.3 Å². The number of barbiturate groups is 1. The molecule has 0 radical (unpaired) electrons. The largest absolute Gasteiger partial charge is 0.487 e. The van der Waals surface area contributed by atoms with Crippen LogP contribution < -0.4 is 15.0 Å². The van der Waals surface area contributed by atoms with Gasteiger partial charge in [0.15, 0.2) is 0 Å². The van der Waals surface area contributed by atoms with Gasteiger partial charge >= 0.3 is 6.03 Å². The van der Waals surface area contributed by atoms with Gasteiger partial charge in [-0.3, -0.25) is 14.9 Å². The number of anilines is 1. The average molecular weight is 495 g/mol. The highest BCUT2D eigenvalue weighted by Gasteiger charge is 2.37.